The molecule has 0 bridgehead atoms. The zero-order chi connectivity index (χ0) is 24.2. The molecule has 0 spiro atoms. The van der Waals surface area contributed by atoms with Crippen LogP contribution in [0.1, 0.15) is 27.9 Å². The number of carbonyl (C=O) groups is 2. The summed E-state index contributed by atoms with van der Waals surface area (Å²) in [5.74, 6) is 0.629. The van der Waals surface area contributed by atoms with Gasteiger partial charge in [-0.15, -0.1) is 0 Å². The van der Waals surface area contributed by atoms with Gasteiger partial charge in [-0.3, -0.25) is 9.59 Å². The van der Waals surface area contributed by atoms with Crippen LogP contribution in [0.5, 0.6) is 11.5 Å². The van der Waals surface area contributed by atoms with Crippen LogP contribution in [-0.4, -0.2) is 36.8 Å². The maximum Gasteiger partial charge on any atom is 0.307 e. The highest BCUT2D eigenvalue weighted by molar-refractivity contribution is 7.16. The Morgan fingerprint density at radius 3 is 2.37 bits per heavy atom. The van der Waals surface area contributed by atoms with Gasteiger partial charge in [0.2, 0.25) is 0 Å². The quantitative estimate of drug-likeness (QED) is 0.377. The van der Waals surface area contributed by atoms with Crippen LogP contribution in [0.4, 0.5) is 0 Å². The lowest BCUT2D eigenvalue weighted by molar-refractivity contribution is -0.140. The van der Waals surface area contributed by atoms with Gasteiger partial charge < -0.3 is 18.8 Å². The van der Waals surface area contributed by atoms with E-state index in [0.29, 0.717) is 41.6 Å². The molecule has 0 radical (unpaired) electrons. The SMILES string of the molecule is COC(=O)CCn1c(=NC(=O)c2ccc(Cc3ccccc3)cc2)sc2cc3c(cc21)OCCO3. The smallest absolute Gasteiger partial charge is 0.307 e. The van der Waals surface area contributed by atoms with Crippen molar-refractivity contribution in [2.45, 2.75) is 19.4 Å². The van der Waals surface area contributed by atoms with Crippen molar-refractivity contribution in [3.05, 3.63) is 88.2 Å². The van der Waals surface area contributed by atoms with Crippen molar-refractivity contribution >= 4 is 33.4 Å². The van der Waals surface area contributed by atoms with Crippen LogP contribution in [0.3, 0.4) is 0 Å². The van der Waals surface area contributed by atoms with Crippen molar-refractivity contribution in [2.24, 2.45) is 4.99 Å². The summed E-state index contributed by atoms with van der Waals surface area (Å²) >= 11 is 1.37. The molecule has 1 aliphatic heterocycles. The van der Waals surface area contributed by atoms with Crippen LogP contribution in [0, 0.1) is 0 Å². The van der Waals surface area contributed by atoms with E-state index in [4.69, 9.17) is 14.2 Å². The Kier molecular flexibility index (Phi) is 6.63. The molecule has 1 aromatic heterocycles. The molecule has 4 aromatic rings. The predicted octanol–water partition coefficient (Wildman–Crippen LogP) is 4.37. The maximum absolute atomic E-state index is 13.0. The number of hydrogen-bond acceptors (Lipinski definition) is 6. The van der Waals surface area contributed by atoms with E-state index in [1.165, 1.54) is 24.0 Å². The first kappa shape index (κ1) is 22.9. The summed E-state index contributed by atoms with van der Waals surface area (Å²) in [5, 5.41) is 0. The van der Waals surface area contributed by atoms with Gasteiger partial charge in [0.25, 0.3) is 5.91 Å². The fourth-order valence-electron chi connectivity index (χ4n) is 3.96. The van der Waals surface area contributed by atoms with Gasteiger partial charge in [-0.05, 0) is 29.7 Å². The second-order valence-corrected chi connectivity index (χ2v) is 9.11. The zero-order valence-electron chi connectivity index (χ0n) is 19.2. The molecule has 8 heteroatoms. The molecule has 0 unspecified atom stereocenters. The minimum Gasteiger partial charge on any atom is -0.486 e. The maximum atomic E-state index is 13.0. The Hall–Kier alpha value is -3.91. The Morgan fingerprint density at radius 1 is 0.971 bits per heavy atom. The lowest BCUT2D eigenvalue weighted by Crippen LogP contribution is -2.19. The summed E-state index contributed by atoms with van der Waals surface area (Å²) in [6.07, 6.45) is 0.956. The number of carbonyl (C=O) groups excluding carboxylic acids is 2. The first-order valence-corrected chi connectivity index (χ1v) is 12.1. The summed E-state index contributed by atoms with van der Waals surface area (Å²) in [6.45, 7) is 1.29. The minimum atomic E-state index is -0.341. The number of ether oxygens (including phenoxy) is 3. The molecule has 5 rings (SSSR count). The average Bonchev–Trinajstić information content (AvgIpc) is 3.22. The molecule has 7 nitrogen and oxygen atoms in total. The van der Waals surface area contributed by atoms with E-state index >= 15 is 0 Å². The molecular weight excluding hydrogens is 464 g/mol. The van der Waals surface area contributed by atoms with Crippen molar-refractivity contribution in [3.63, 3.8) is 0 Å². The number of aryl methyl sites for hydroxylation is 1. The molecular formula is C27H24N2O5S. The third-order valence-electron chi connectivity index (χ3n) is 5.76. The number of hydrogen-bond donors (Lipinski definition) is 0. The van der Waals surface area contributed by atoms with E-state index < -0.39 is 0 Å². The summed E-state index contributed by atoms with van der Waals surface area (Å²) in [4.78, 5) is 29.8. The van der Waals surface area contributed by atoms with Gasteiger partial charge in [0, 0.05) is 24.2 Å². The predicted molar refractivity (Wildman–Crippen MR) is 133 cm³/mol. The van der Waals surface area contributed by atoms with Crippen molar-refractivity contribution < 1.29 is 23.8 Å². The van der Waals surface area contributed by atoms with Crippen LogP contribution in [-0.2, 0) is 22.5 Å². The summed E-state index contributed by atoms with van der Waals surface area (Å²) in [7, 11) is 1.36. The van der Waals surface area contributed by atoms with Gasteiger partial charge in [0.15, 0.2) is 16.3 Å². The molecule has 178 valence electrons. The zero-order valence-corrected chi connectivity index (χ0v) is 20.0. The normalized spacial score (nSPS) is 13.1. The van der Waals surface area contributed by atoms with E-state index in [-0.39, 0.29) is 18.3 Å². The monoisotopic (exact) mass is 488 g/mol. The number of nitrogens with zero attached hydrogens (tertiary/aromatic N) is 2. The first-order chi connectivity index (χ1) is 17.1. The molecule has 0 saturated heterocycles. The Balaban J connectivity index is 1.47. The van der Waals surface area contributed by atoms with Crippen molar-refractivity contribution in [1.29, 1.82) is 0 Å². The molecule has 0 fully saturated rings. The van der Waals surface area contributed by atoms with E-state index in [9.17, 15) is 9.59 Å². The van der Waals surface area contributed by atoms with Crippen molar-refractivity contribution in [3.8, 4) is 11.5 Å². The number of benzene rings is 3. The second-order valence-electron chi connectivity index (χ2n) is 8.10. The average molecular weight is 489 g/mol. The Bertz CT molecular complexity index is 1440. The van der Waals surface area contributed by atoms with Crippen LogP contribution in [0.2, 0.25) is 0 Å². The van der Waals surface area contributed by atoms with Gasteiger partial charge in [-0.1, -0.05) is 53.8 Å². The van der Waals surface area contributed by atoms with Gasteiger partial charge in [-0.25, -0.2) is 0 Å². The van der Waals surface area contributed by atoms with Gasteiger partial charge in [0.05, 0.1) is 23.7 Å². The Labute approximate surface area is 206 Å². The molecule has 0 atom stereocenters. The van der Waals surface area contributed by atoms with Crippen LogP contribution < -0.4 is 14.3 Å². The second kappa shape index (κ2) is 10.1. The van der Waals surface area contributed by atoms with Crippen molar-refractivity contribution in [1.82, 2.24) is 4.57 Å². The number of amides is 1. The summed E-state index contributed by atoms with van der Waals surface area (Å²) in [6, 6.07) is 21.5. The lowest BCUT2D eigenvalue weighted by atomic mass is 10.0. The highest BCUT2D eigenvalue weighted by Gasteiger charge is 2.18. The topological polar surface area (TPSA) is 79.1 Å². The van der Waals surface area contributed by atoms with Crippen LogP contribution in [0.25, 0.3) is 10.2 Å². The largest absolute Gasteiger partial charge is 0.486 e. The highest BCUT2D eigenvalue weighted by atomic mass is 32.1. The number of aromatic nitrogens is 1. The molecule has 0 saturated carbocycles. The standard InChI is InChI=1S/C27H24N2O5S/c1-32-25(30)11-12-29-21-16-22-23(34-14-13-33-22)17-24(21)35-27(29)28-26(31)20-9-7-19(8-10-20)15-18-5-3-2-4-6-18/h2-10,16-17H,11-15H2,1H3. The summed E-state index contributed by atoms with van der Waals surface area (Å²) < 4.78 is 19.0. The van der Waals surface area contributed by atoms with E-state index in [2.05, 4.69) is 17.1 Å². The number of rotatable bonds is 6. The van der Waals surface area contributed by atoms with Crippen LogP contribution >= 0.6 is 11.3 Å². The van der Waals surface area contributed by atoms with Crippen molar-refractivity contribution in [2.75, 3.05) is 20.3 Å². The Morgan fingerprint density at radius 2 is 1.66 bits per heavy atom. The third kappa shape index (κ3) is 5.12. The first-order valence-electron chi connectivity index (χ1n) is 11.3. The molecule has 35 heavy (non-hydrogen) atoms. The molecule has 1 amide bonds. The minimum absolute atomic E-state index is 0.159. The van der Waals surface area contributed by atoms with Gasteiger partial charge >= 0.3 is 5.97 Å². The fraction of sp³-hybridized carbons (Fsp3) is 0.222. The van der Waals surface area contributed by atoms with Crippen LogP contribution in [0.15, 0.2) is 71.7 Å². The van der Waals surface area contributed by atoms with E-state index in [1.807, 2.05) is 47.0 Å². The fourth-order valence-corrected chi connectivity index (χ4v) is 5.03. The lowest BCUT2D eigenvalue weighted by Gasteiger charge is -2.18. The highest BCUT2D eigenvalue weighted by Crippen LogP contribution is 2.35. The number of methoxy groups -OCH3 is 1. The molecule has 0 N–H and O–H groups in total. The van der Waals surface area contributed by atoms with E-state index in [1.54, 1.807) is 12.1 Å². The molecule has 2 heterocycles. The molecule has 0 aliphatic carbocycles. The number of thiazole rings is 1. The number of esters is 1. The molecule has 1 aliphatic rings. The number of fused-ring (bicyclic) bond motifs is 2. The summed E-state index contributed by atoms with van der Waals surface area (Å²) in [5.41, 5.74) is 3.66. The molecule has 3 aromatic carbocycles. The van der Waals surface area contributed by atoms with E-state index in [0.717, 1.165) is 22.2 Å². The van der Waals surface area contributed by atoms with Gasteiger partial charge in [0.1, 0.15) is 13.2 Å². The van der Waals surface area contributed by atoms with Gasteiger partial charge in [-0.2, -0.15) is 4.99 Å². The third-order valence-corrected chi connectivity index (χ3v) is 6.80.